The van der Waals surface area contributed by atoms with E-state index in [-0.39, 0.29) is 16.6 Å². The van der Waals surface area contributed by atoms with Gasteiger partial charge in [0.2, 0.25) is 0 Å². The third-order valence-corrected chi connectivity index (χ3v) is 4.69. The van der Waals surface area contributed by atoms with Gasteiger partial charge in [0.25, 0.3) is 0 Å². The van der Waals surface area contributed by atoms with E-state index < -0.39 is 10.8 Å². The van der Waals surface area contributed by atoms with E-state index in [1.165, 1.54) is 12.1 Å². The van der Waals surface area contributed by atoms with Gasteiger partial charge in [0.15, 0.2) is 5.78 Å². The summed E-state index contributed by atoms with van der Waals surface area (Å²) in [6.07, 6.45) is 0. The van der Waals surface area contributed by atoms with Crippen LogP contribution in [0.15, 0.2) is 47.4 Å². The molecule has 2 aromatic carbocycles. The van der Waals surface area contributed by atoms with Crippen LogP contribution in [0.1, 0.15) is 10.4 Å². The number of hydrogen-bond acceptors (Lipinski definition) is 3. The van der Waals surface area contributed by atoms with Crippen molar-refractivity contribution in [1.82, 2.24) is 0 Å². The van der Waals surface area contributed by atoms with Crippen LogP contribution >= 0.6 is 23.2 Å². The summed E-state index contributed by atoms with van der Waals surface area (Å²) in [6, 6.07) is 11.4. The number of rotatable bonds is 5. The summed E-state index contributed by atoms with van der Waals surface area (Å²) >= 11 is 11.8. The molecule has 21 heavy (non-hydrogen) atoms. The minimum atomic E-state index is -1.43. The molecule has 0 aliphatic carbocycles. The second kappa shape index (κ2) is 7.07. The number of carbonyl (C=O) groups excluding carboxylic acids is 1. The summed E-state index contributed by atoms with van der Waals surface area (Å²) in [5, 5.41) is 0.715. The van der Waals surface area contributed by atoms with Gasteiger partial charge in [-0.1, -0.05) is 23.2 Å². The molecule has 0 spiro atoms. The predicted molar refractivity (Wildman–Crippen MR) is 85.1 cm³/mol. The van der Waals surface area contributed by atoms with Crippen LogP contribution in [0, 0.1) is 0 Å². The first-order valence-corrected chi connectivity index (χ1v) is 8.09. The van der Waals surface area contributed by atoms with Crippen molar-refractivity contribution in [1.29, 1.82) is 0 Å². The van der Waals surface area contributed by atoms with Crippen LogP contribution in [-0.4, -0.2) is 22.9 Å². The highest BCUT2D eigenvalue weighted by atomic mass is 35.5. The average Bonchev–Trinajstić information content (AvgIpc) is 2.47. The molecule has 0 aliphatic rings. The third-order valence-electron chi connectivity index (χ3n) is 2.82. The van der Waals surface area contributed by atoms with Crippen LogP contribution in [0.4, 0.5) is 0 Å². The second-order valence-electron chi connectivity index (χ2n) is 4.21. The molecule has 0 fully saturated rings. The van der Waals surface area contributed by atoms with Crippen LogP contribution in [0.25, 0.3) is 0 Å². The van der Waals surface area contributed by atoms with Crippen LogP contribution in [0.3, 0.4) is 0 Å². The van der Waals surface area contributed by atoms with E-state index in [0.717, 1.165) is 0 Å². The van der Waals surface area contributed by atoms with E-state index in [9.17, 15) is 9.00 Å². The fourth-order valence-corrected chi connectivity index (χ4v) is 3.24. The largest absolute Gasteiger partial charge is 0.497 e. The maximum absolute atomic E-state index is 12.2. The van der Waals surface area contributed by atoms with Crippen LogP contribution in [-0.2, 0) is 10.8 Å². The highest BCUT2D eigenvalue weighted by molar-refractivity contribution is 7.85. The van der Waals surface area contributed by atoms with Gasteiger partial charge in [-0.3, -0.25) is 9.00 Å². The van der Waals surface area contributed by atoms with Gasteiger partial charge < -0.3 is 4.74 Å². The van der Waals surface area contributed by atoms with Gasteiger partial charge in [0.05, 0.1) is 28.7 Å². The first-order valence-electron chi connectivity index (χ1n) is 6.02. The number of halogens is 2. The summed E-state index contributed by atoms with van der Waals surface area (Å²) in [6.45, 7) is 0. The van der Waals surface area contributed by atoms with Gasteiger partial charge in [-0.05, 0) is 42.5 Å². The fourth-order valence-electron chi connectivity index (χ4n) is 1.72. The highest BCUT2D eigenvalue weighted by Crippen LogP contribution is 2.22. The average molecular weight is 343 g/mol. The van der Waals surface area contributed by atoms with E-state index in [1.54, 1.807) is 37.4 Å². The molecule has 0 amide bonds. The Kier molecular flexibility index (Phi) is 5.39. The number of methoxy groups -OCH3 is 1. The number of hydrogen-bond donors (Lipinski definition) is 0. The molecule has 0 saturated carbocycles. The molecule has 3 nitrogen and oxygen atoms in total. The van der Waals surface area contributed by atoms with Crippen molar-refractivity contribution in [3.8, 4) is 5.75 Å². The lowest BCUT2D eigenvalue weighted by molar-refractivity contribution is 0.102. The SMILES string of the molecule is COc1ccc(S(=O)CC(=O)c2ccc(Cl)cc2Cl)cc1. The van der Waals surface area contributed by atoms with Crippen LogP contribution in [0.5, 0.6) is 5.75 Å². The second-order valence-corrected chi connectivity index (χ2v) is 6.51. The van der Waals surface area contributed by atoms with Gasteiger partial charge in [0, 0.05) is 15.5 Å². The molecule has 1 atom stereocenters. The molecule has 0 radical (unpaired) electrons. The Hall–Kier alpha value is -1.36. The van der Waals surface area contributed by atoms with Crippen LogP contribution < -0.4 is 4.74 Å². The molecule has 0 saturated heterocycles. The lowest BCUT2D eigenvalue weighted by Crippen LogP contribution is -2.11. The number of ether oxygens (including phenoxy) is 1. The molecule has 2 rings (SSSR count). The fraction of sp³-hybridized carbons (Fsp3) is 0.133. The Balaban J connectivity index is 2.12. The number of carbonyl (C=O) groups is 1. The molecule has 0 aliphatic heterocycles. The lowest BCUT2D eigenvalue weighted by atomic mass is 10.1. The van der Waals surface area contributed by atoms with Gasteiger partial charge in [-0.15, -0.1) is 0 Å². The zero-order valence-corrected chi connectivity index (χ0v) is 13.5. The topological polar surface area (TPSA) is 43.4 Å². The third kappa shape index (κ3) is 4.06. The van der Waals surface area contributed by atoms with Gasteiger partial charge in [-0.2, -0.15) is 0 Å². The molecule has 2 aromatic rings. The standard InChI is InChI=1S/C15H12Cl2O3S/c1-20-11-3-5-12(6-4-11)21(19)9-15(18)13-7-2-10(16)8-14(13)17/h2-8H,9H2,1H3. The molecule has 1 unspecified atom stereocenters. The van der Waals surface area contributed by atoms with Crippen molar-refractivity contribution in [2.45, 2.75) is 4.90 Å². The zero-order valence-electron chi connectivity index (χ0n) is 11.1. The maximum Gasteiger partial charge on any atom is 0.177 e. The molecule has 110 valence electrons. The predicted octanol–water partition coefficient (Wildman–Crippen LogP) is 3.99. The normalized spacial score (nSPS) is 12.0. The minimum absolute atomic E-state index is 0.131. The first kappa shape index (κ1) is 16.0. The molecule has 0 heterocycles. The van der Waals surface area contributed by atoms with Crippen molar-refractivity contribution in [3.63, 3.8) is 0 Å². The van der Waals surface area contributed by atoms with Crippen molar-refractivity contribution in [2.24, 2.45) is 0 Å². The summed E-state index contributed by atoms with van der Waals surface area (Å²) in [5.41, 5.74) is 0.322. The van der Waals surface area contributed by atoms with E-state index in [0.29, 0.717) is 21.2 Å². The number of ketones is 1. The summed E-state index contributed by atoms with van der Waals surface area (Å²) in [7, 11) is 0.119. The molecule has 6 heteroatoms. The summed E-state index contributed by atoms with van der Waals surface area (Å²) < 4.78 is 17.2. The van der Waals surface area contributed by atoms with Crippen molar-refractivity contribution >= 4 is 39.8 Å². The Morgan fingerprint density at radius 1 is 1.14 bits per heavy atom. The van der Waals surface area contributed by atoms with Crippen molar-refractivity contribution in [3.05, 3.63) is 58.1 Å². The quantitative estimate of drug-likeness (QED) is 0.771. The smallest absolute Gasteiger partial charge is 0.177 e. The number of Topliss-reactive ketones (excluding diaryl/α,β-unsaturated/α-hetero) is 1. The van der Waals surface area contributed by atoms with Crippen molar-refractivity contribution in [2.75, 3.05) is 12.9 Å². The van der Waals surface area contributed by atoms with Gasteiger partial charge >= 0.3 is 0 Å². The highest BCUT2D eigenvalue weighted by Gasteiger charge is 2.15. The summed E-state index contributed by atoms with van der Waals surface area (Å²) in [4.78, 5) is 12.7. The van der Waals surface area contributed by atoms with Gasteiger partial charge in [0.1, 0.15) is 5.75 Å². The Labute approximate surface area is 135 Å². The monoisotopic (exact) mass is 342 g/mol. The summed E-state index contributed by atoms with van der Waals surface area (Å²) in [5.74, 6) is 0.252. The van der Waals surface area contributed by atoms with E-state index >= 15 is 0 Å². The molecule has 0 N–H and O–H groups in total. The van der Waals surface area contributed by atoms with E-state index in [2.05, 4.69) is 0 Å². The first-order chi connectivity index (χ1) is 10.0. The zero-order chi connectivity index (χ0) is 15.4. The molecule has 0 bridgehead atoms. The molecular formula is C15H12Cl2O3S. The molecule has 0 aromatic heterocycles. The van der Waals surface area contributed by atoms with Crippen molar-refractivity contribution < 1.29 is 13.7 Å². The minimum Gasteiger partial charge on any atom is -0.497 e. The van der Waals surface area contributed by atoms with Gasteiger partial charge in [-0.25, -0.2) is 0 Å². The Morgan fingerprint density at radius 2 is 1.81 bits per heavy atom. The lowest BCUT2D eigenvalue weighted by Gasteiger charge is -2.05. The number of benzene rings is 2. The van der Waals surface area contributed by atoms with Crippen LogP contribution in [0.2, 0.25) is 10.0 Å². The van der Waals surface area contributed by atoms with E-state index in [1.807, 2.05) is 0 Å². The Bertz CT molecular complexity index is 684. The maximum atomic E-state index is 12.2. The van der Waals surface area contributed by atoms with E-state index in [4.69, 9.17) is 27.9 Å². The molecular weight excluding hydrogens is 331 g/mol. The Morgan fingerprint density at radius 3 is 2.38 bits per heavy atom.